The van der Waals surface area contributed by atoms with Crippen LogP contribution in [0.1, 0.15) is 11.3 Å². The van der Waals surface area contributed by atoms with Crippen molar-refractivity contribution in [1.82, 2.24) is 24.9 Å². The maximum atomic E-state index is 13.6. The van der Waals surface area contributed by atoms with Gasteiger partial charge in [0.1, 0.15) is 0 Å². The van der Waals surface area contributed by atoms with Crippen LogP contribution in [0.5, 0.6) is 0 Å². The van der Waals surface area contributed by atoms with E-state index in [1.165, 1.54) is 12.4 Å². The molecule has 40 heavy (non-hydrogen) atoms. The smallest absolute Gasteiger partial charge is 0.237 e. The second-order valence-electron chi connectivity index (χ2n) is 9.21. The van der Waals surface area contributed by atoms with E-state index in [9.17, 15) is 13.2 Å². The fourth-order valence-electron chi connectivity index (χ4n) is 4.41. The lowest BCUT2D eigenvalue weighted by atomic mass is 10.0. The third-order valence-corrected chi connectivity index (χ3v) is 7.82. The molecule has 4 aromatic heterocycles. The largest absolute Gasteiger partial charge is 0.344 e. The maximum Gasteiger partial charge on any atom is 0.237 e. The number of benzene rings is 2. The number of hydrogen-bond donors (Lipinski definition) is 2. The molecule has 4 heterocycles. The first-order chi connectivity index (χ1) is 19.3. The van der Waals surface area contributed by atoms with Gasteiger partial charge in [0.2, 0.25) is 15.5 Å². The van der Waals surface area contributed by atoms with Gasteiger partial charge in [-0.2, -0.15) is 0 Å². The van der Waals surface area contributed by atoms with Gasteiger partial charge in [-0.25, -0.2) is 18.4 Å². The van der Waals surface area contributed by atoms with Crippen molar-refractivity contribution in [2.45, 2.75) is 12.7 Å². The van der Waals surface area contributed by atoms with Gasteiger partial charge >= 0.3 is 0 Å². The highest BCUT2D eigenvalue weighted by Crippen LogP contribution is 2.34. The summed E-state index contributed by atoms with van der Waals surface area (Å²) in [6.45, 7) is 1.80. The van der Waals surface area contributed by atoms with Crippen LogP contribution >= 0.6 is 11.6 Å². The average Bonchev–Trinajstić information content (AvgIpc) is 2.95. The molecular formula is C29H21ClN6O3S. The van der Waals surface area contributed by atoms with E-state index in [0.29, 0.717) is 33.2 Å². The second-order valence-corrected chi connectivity index (χ2v) is 11.3. The van der Waals surface area contributed by atoms with Gasteiger partial charge in [0.05, 0.1) is 39.6 Å². The molecule has 0 aliphatic rings. The Morgan fingerprint density at radius 1 is 0.900 bits per heavy atom. The summed E-state index contributed by atoms with van der Waals surface area (Å²) in [6.07, 6.45) is 4.45. The maximum absolute atomic E-state index is 13.6. The summed E-state index contributed by atoms with van der Waals surface area (Å²) in [5.41, 5.74) is 3.84. The van der Waals surface area contributed by atoms with Crippen molar-refractivity contribution in [2.24, 2.45) is 0 Å². The van der Waals surface area contributed by atoms with Gasteiger partial charge in [-0.1, -0.05) is 48.0 Å². The number of nitrogens with one attached hydrogen (secondary N) is 2. The highest BCUT2D eigenvalue weighted by molar-refractivity contribution is 7.91. The van der Waals surface area contributed by atoms with Crippen LogP contribution in [0.15, 0.2) is 90.1 Å². The summed E-state index contributed by atoms with van der Waals surface area (Å²) >= 11 is 6.58. The van der Waals surface area contributed by atoms with Crippen molar-refractivity contribution in [3.63, 3.8) is 0 Å². The van der Waals surface area contributed by atoms with Crippen LogP contribution in [0.25, 0.3) is 44.6 Å². The Labute approximate surface area is 234 Å². The van der Waals surface area contributed by atoms with Crippen molar-refractivity contribution >= 4 is 49.4 Å². The fourth-order valence-corrected chi connectivity index (χ4v) is 5.86. The zero-order valence-electron chi connectivity index (χ0n) is 21.1. The minimum absolute atomic E-state index is 0.0155. The Balaban J connectivity index is 1.49. The summed E-state index contributed by atoms with van der Waals surface area (Å²) < 4.78 is 28.2. The predicted molar refractivity (Wildman–Crippen MR) is 157 cm³/mol. The first kappa shape index (κ1) is 25.6. The Kier molecular flexibility index (Phi) is 6.49. The Bertz CT molecular complexity index is 2070. The molecule has 0 bridgehead atoms. The molecule has 0 amide bonds. The molecule has 0 spiro atoms. The van der Waals surface area contributed by atoms with E-state index < -0.39 is 21.2 Å². The number of pyridine rings is 3. The first-order valence-electron chi connectivity index (χ1n) is 12.2. The van der Waals surface area contributed by atoms with E-state index in [2.05, 4.69) is 19.7 Å². The van der Waals surface area contributed by atoms with Crippen molar-refractivity contribution in [2.75, 3.05) is 4.72 Å². The van der Waals surface area contributed by atoms with Crippen LogP contribution in [-0.4, -0.2) is 33.3 Å². The number of aryl methyl sites for hydroxylation is 1. The topological polar surface area (TPSA) is 131 Å². The zero-order chi connectivity index (χ0) is 27.9. The summed E-state index contributed by atoms with van der Waals surface area (Å²) in [5.74, 6) is -0.558. The lowest BCUT2D eigenvalue weighted by Gasteiger charge is -2.12. The number of aromatic amines is 1. The summed E-state index contributed by atoms with van der Waals surface area (Å²) in [6, 6.07) is 20.1. The van der Waals surface area contributed by atoms with Gasteiger partial charge in [0.25, 0.3) is 0 Å². The highest BCUT2D eigenvalue weighted by atomic mass is 35.5. The van der Waals surface area contributed by atoms with E-state index in [4.69, 9.17) is 21.6 Å². The fraction of sp³-hybridized carbons (Fsp3) is 0.0690. The molecule has 0 aliphatic heterocycles. The lowest BCUT2D eigenvalue weighted by molar-refractivity contribution is 0.600. The SMILES string of the molecule is Cc1ccc(NS(=O)(=O)Cc2c[nH]c3nc(-c4ccccc4)c(-c4cc(Cl)c5ncccc5c4)nc3c2=O)cn1. The quantitative estimate of drug-likeness (QED) is 0.271. The van der Waals surface area contributed by atoms with Crippen LogP contribution in [0.2, 0.25) is 5.02 Å². The van der Waals surface area contributed by atoms with Gasteiger partial charge in [-0.3, -0.25) is 19.5 Å². The molecule has 2 N–H and O–H groups in total. The number of halogens is 1. The number of rotatable bonds is 6. The standard InChI is InChI=1S/C29H21ClN6O3S/c1-17-9-10-22(15-32-17)36-40(38,39)16-21-14-33-29-27(28(21)37)34-26(25(35-29)18-6-3-2-4-7-18)20-12-19-8-5-11-31-24(19)23(30)13-20/h2-15,36H,16H2,1H3,(H,33,35,37). The van der Waals surface area contributed by atoms with Gasteiger partial charge in [0.15, 0.2) is 11.2 Å². The number of anilines is 1. The molecule has 0 radical (unpaired) electrons. The van der Waals surface area contributed by atoms with Gasteiger partial charge in [-0.05, 0) is 37.3 Å². The average molecular weight is 569 g/mol. The molecule has 0 fully saturated rings. The third kappa shape index (κ3) is 5.02. The van der Waals surface area contributed by atoms with Crippen LogP contribution in [0.3, 0.4) is 0 Å². The van der Waals surface area contributed by atoms with E-state index in [1.807, 2.05) is 48.5 Å². The van der Waals surface area contributed by atoms with Crippen LogP contribution < -0.4 is 10.2 Å². The zero-order valence-corrected chi connectivity index (χ0v) is 22.7. The Morgan fingerprint density at radius 2 is 1.70 bits per heavy atom. The molecule has 2 aromatic carbocycles. The highest BCUT2D eigenvalue weighted by Gasteiger charge is 2.20. The number of nitrogens with zero attached hydrogens (tertiary/aromatic N) is 4. The van der Waals surface area contributed by atoms with Crippen molar-refractivity contribution in [3.05, 3.63) is 112 Å². The molecule has 0 aliphatic carbocycles. The molecular weight excluding hydrogens is 548 g/mol. The number of aromatic nitrogens is 5. The summed E-state index contributed by atoms with van der Waals surface area (Å²) in [4.78, 5) is 34.5. The van der Waals surface area contributed by atoms with E-state index >= 15 is 0 Å². The van der Waals surface area contributed by atoms with Gasteiger partial charge in [-0.15, -0.1) is 0 Å². The minimum Gasteiger partial charge on any atom is -0.344 e. The van der Waals surface area contributed by atoms with Crippen molar-refractivity contribution in [1.29, 1.82) is 0 Å². The number of hydrogen-bond acceptors (Lipinski definition) is 7. The number of fused-ring (bicyclic) bond motifs is 2. The molecule has 0 atom stereocenters. The lowest BCUT2D eigenvalue weighted by Crippen LogP contribution is -2.21. The molecule has 6 aromatic rings. The van der Waals surface area contributed by atoms with E-state index in [0.717, 1.165) is 16.6 Å². The molecule has 0 saturated heterocycles. The summed E-state index contributed by atoms with van der Waals surface area (Å²) in [5, 5.41) is 1.23. The normalized spacial score (nSPS) is 11.7. The van der Waals surface area contributed by atoms with Gasteiger partial charge < -0.3 is 4.98 Å². The second kappa shape index (κ2) is 10.1. The minimum atomic E-state index is -3.92. The third-order valence-electron chi connectivity index (χ3n) is 6.29. The monoisotopic (exact) mass is 568 g/mol. The van der Waals surface area contributed by atoms with Gasteiger partial charge in [0, 0.05) is 40.2 Å². The van der Waals surface area contributed by atoms with Crippen LogP contribution in [-0.2, 0) is 15.8 Å². The molecule has 0 saturated carbocycles. The van der Waals surface area contributed by atoms with Crippen molar-refractivity contribution < 1.29 is 8.42 Å². The Hall–Kier alpha value is -4.67. The molecule has 0 unspecified atom stereocenters. The first-order valence-corrected chi connectivity index (χ1v) is 14.3. The Morgan fingerprint density at radius 3 is 2.48 bits per heavy atom. The summed E-state index contributed by atoms with van der Waals surface area (Å²) in [7, 11) is -3.92. The molecule has 9 nitrogen and oxygen atoms in total. The molecule has 198 valence electrons. The molecule has 6 rings (SSSR count). The predicted octanol–water partition coefficient (Wildman–Crippen LogP) is 5.50. The molecule has 11 heteroatoms. The number of sulfonamides is 1. The van der Waals surface area contributed by atoms with E-state index in [-0.39, 0.29) is 16.7 Å². The van der Waals surface area contributed by atoms with Crippen LogP contribution in [0.4, 0.5) is 5.69 Å². The van der Waals surface area contributed by atoms with Crippen LogP contribution in [0, 0.1) is 6.92 Å². The number of H-pyrrole nitrogens is 1. The van der Waals surface area contributed by atoms with Crippen molar-refractivity contribution in [3.8, 4) is 22.5 Å². The van der Waals surface area contributed by atoms with E-state index in [1.54, 1.807) is 31.3 Å².